The van der Waals surface area contributed by atoms with Crippen LogP contribution < -0.4 is 10.6 Å². The molecule has 2 N–H and O–H groups in total. The molecule has 0 saturated heterocycles. The van der Waals surface area contributed by atoms with Gasteiger partial charge in [0.05, 0.1) is 17.1 Å². The minimum absolute atomic E-state index is 0.00895. The van der Waals surface area contributed by atoms with Crippen molar-refractivity contribution in [3.8, 4) is 6.07 Å². The Morgan fingerprint density at radius 2 is 1.89 bits per heavy atom. The molecule has 1 unspecified atom stereocenters. The molecule has 0 spiro atoms. The van der Waals surface area contributed by atoms with Gasteiger partial charge >= 0.3 is 6.03 Å². The summed E-state index contributed by atoms with van der Waals surface area (Å²) in [5.74, 6) is -1.02. The molecule has 0 bridgehead atoms. The summed E-state index contributed by atoms with van der Waals surface area (Å²) in [7, 11) is 1.79. The summed E-state index contributed by atoms with van der Waals surface area (Å²) in [6, 6.07) is 15.7. The number of anilines is 1. The number of carbonyl (C=O) groups is 2. The number of Topliss-reactive ketones (excluding diaryl/α,β-unsaturated/α-hetero) is 1. The lowest BCUT2D eigenvalue weighted by molar-refractivity contribution is 0.0975. The maximum Gasteiger partial charge on any atom is 0.319 e. The highest BCUT2D eigenvalue weighted by Crippen LogP contribution is 2.25. The fourth-order valence-electron chi connectivity index (χ4n) is 3.00. The average Bonchev–Trinajstić information content (AvgIpc) is 2.99. The van der Waals surface area contributed by atoms with Gasteiger partial charge in [-0.2, -0.15) is 5.26 Å². The molecule has 7 heteroatoms. The minimum atomic E-state index is -1.04. The number of rotatable bonds is 5. The lowest BCUT2D eigenvalue weighted by atomic mass is 9.97. The molecule has 0 fully saturated rings. The van der Waals surface area contributed by atoms with Crippen LogP contribution in [0, 0.1) is 11.3 Å². The summed E-state index contributed by atoms with van der Waals surface area (Å²) in [6.07, 6.45) is 0. The second kappa shape index (κ2) is 7.92. The number of aromatic nitrogens is 2. The number of imidazole rings is 1. The number of nitriles is 1. The number of carbonyl (C=O) groups excluding carboxylic acids is 2. The summed E-state index contributed by atoms with van der Waals surface area (Å²) in [5.41, 5.74) is 2.40. The molecule has 0 aliphatic carbocycles. The van der Waals surface area contributed by atoms with Gasteiger partial charge in [-0.25, -0.2) is 9.78 Å². The molecule has 1 aromatic heterocycles. The predicted octanol–water partition coefficient (Wildman–Crippen LogP) is 3.59. The van der Waals surface area contributed by atoms with Crippen LogP contribution >= 0.6 is 0 Å². The largest absolute Gasteiger partial charge is 0.336 e. The van der Waals surface area contributed by atoms with E-state index in [0.29, 0.717) is 17.1 Å². The Labute approximate surface area is 163 Å². The number of aryl methyl sites for hydroxylation is 1. The Kier molecular flexibility index (Phi) is 5.41. The van der Waals surface area contributed by atoms with Crippen LogP contribution in [0.25, 0.3) is 11.0 Å². The molecule has 2 amide bonds. The molecule has 3 aromatic rings. The van der Waals surface area contributed by atoms with Gasteiger partial charge in [0, 0.05) is 24.3 Å². The quantitative estimate of drug-likeness (QED) is 0.666. The Morgan fingerprint density at radius 1 is 1.14 bits per heavy atom. The van der Waals surface area contributed by atoms with Gasteiger partial charge in [0.15, 0.2) is 11.7 Å². The van der Waals surface area contributed by atoms with E-state index in [1.54, 1.807) is 35.9 Å². The van der Waals surface area contributed by atoms with Gasteiger partial charge < -0.3 is 15.2 Å². The van der Waals surface area contributed by atoms with Gasteiger partial charge in [0.25, 0.3) is 0 Å². The first-order valence-electron chi connectivity index (χ1n) is 8.93. The van der Waals surface area contributed by atoms with Crippen molar-refractivity contribution in [2.24, 2.45) is 7.05 Å². The standard InChI is InChI=1S/C21H21N5O2/c1-13(2)23-21(28)24-15-8-6-7-14(11-15)19(27)16(12-22)20-25-17-9-4-5-10-18(17)26(20)3/h4-11,13,16H,1-3H3,(H2,23,24,28). The number of ketones is 1. The van der Waals surface area contributed by atoms with E-state index in [1.807, 2.05) is 38.1 Å². The van der Waals surface area contributed by atoms with E-state index >= 15 is 0 Å². The van der Waals surface area contributed by atoms with Crippen molar-refractivity contribution in [3.63, 3.8) is 0 Å². The van der Waals surface area contributed by atoms with Crippen molar-refractivity contribution >= 4 is 28.5 Å². The summed E-state index contributed by atoms with van der Waals surface area (Å²) in [4.78, 5) is 29.4. The zero-order valence-electron chi connectivity index (χ0n) is 15.9. The zero-order valence-corrected chi connectivity index (χ0v) is 15.9. The maximum absolute atomic E-state index is 13.0. The molecular formula is C21H21N5O2. The van der Waals surface area contributed by atoms with Gasteiger partial charge in [0.2, 0.25) is 0 Å². The molecule has 7 nitrogen and oxygen atoms in total. The van der Waals surface area contributed by atoms with E-state index in [2.05, 4.69) is 21.7 Å². The Balaban J connectivity index is 1.89. The van der Waals surface area contributed by atoms with Crippen LogP contribution in [0.5, 0.6) is 0 Å². The van der Waals surface area contributed by atoms with Crippen LogP contribution in [-0.2, 0) is 7.05 Å². The Bertz CT molecular complexity index is 1080. The second-order valence-corrected chi connectivity index (χ2v) is 6.78. The summed E-state index contributed by atoms with van der Waals surface area (Å²) in [6.45, 7) is 3.71. The van der Waals surface area contributed by atoms with Gasteiger partial charge in [0.1, 0.15) is 5.82 Å². The third-order valence-electron chi connectivity index (χ3n) is 4.30. The topological polar surface area (TPSA) is 99.8 Å². The van der Waals surface area contributed by atoms with Crippen molar-refractivity contribution in [3.05, 3.63) is 59.9 Å². The Hall–Kier alpha value is -3.66. The number of amides is 2. The number of hydrogen-bond donors (Lipinski definition) is 2. The van der Waals surface area contributed by atoms with E-state index in [9.17, 15) is 14.9 Å². The first-order chi connectivity index (χ1) is 13.4. The highest BCUT2D eigenvalue weighted by Gasteiger charge is 2.27. The summed E-state index contributed by atoms with van der Waals surface area (Å²) < 4.78 is 1.76. The molecular weight excluding hydrogens is 354 g/mol. The van der Waals surface area contributed by atoms with E-state index in [-0.39, 0.29) is 17.9 Å². The van der Waals surface area contributed by atoms with Crippen LogP contribution in [0.4, 0.5) is 10.5 Å². The van der Waals surface area contributed by atoms with Crippen LogP contribution in [0.1, 0.15) is 35.9 Å². The predicted molar refractivity (Wildman–Crippen MR) is 107 cm³/mol. The lowest BCUT2D eigenvalue weighted by Crippen LogP contribution is -2.34. The second-order valence-electron chi connectivity index (χ2n) is 6.78. The third kappa shape index (κ3) is 3.86. The monoisotopic (exact) mass is 375 g/mol. The molecule has 0 aliphatic rings. The molecule has 0 radical (unpaired) electrons. The van der Waals surface area contributed by atoms with Gasteiger partial charge in [-0.15, -0.1) is 0 Å². The Morgan fingerprint density at radius 3 is 2.57 bits per heavy atom. The number of nitrogens with one attached hydrogen (secondary N) is 2. The van der Waals surface area contributed by atoms with Crippen LogP contribution in [0.3, 0.4) is 0 Å². The number of para-hydroxylation sites is 2. The number of nitrogens with zero attached hydrogens (tertiary/aromatic N) is 3. The molecule has 1 heterocycles. The third-order valence-corrected chi connectivity index (χ3v) is 4.30. The van der Waals surface area contributed by atoms with Crippen molar-refractivity contribution in [2.75, 3.05) is 5.32 Å². The molecule has 28 heavy (non-hydrogen) atoms. The highest BCUT2D eigenvalue weighted by atomic mass is 16.2. The normalized spacial score (nSPS) is 11.8. The van der Waals surface area contributed by atoms with Gasteiger partial charge in [-0.3, -0.25) is 4.79 Å². The lowest BCUT2D eigenvalue weighted by Gasteiger charge is -2.12. The fourth-order valence-corrected chi connectivity index (χ4v) is 3.00. The summed E-state index contributed by atoms with van der Waals surface area (Å²) in [5, 5.41) is 15.1. The van der Waals surface area contributed by atoms with Crippen molar-refractivity contribution in [1.82, 2.24) is 14.9 Å². The van der Waals surface area contributed by atoms with E-state index < -0.39 is 5.92 Å². The fraction of sp³-hybridized carbons (Fsp3) is 0.238. The van der Waals surface area contributed by atoms with E-state index in [4.69, 9.17) is 0 Å². The number of urea groups is 1. The van der Waals surface area contributed by atoms with Crippen molar-refractivity contribution in [1.29, 1.82) is 5.26 Å². The smallest absolute Gasteiger partial charge is 0.319 e. The first-order valence-corrected chi connectivity index (χ1v) is 8.93. The van der Waals surface area contributed by atoms with E-state index in [0.717, 1.165) is 11.0 Å². The SMILES string of the molecule is CC(C)NC(=O)Nc1cccc(C(=O)C(C#N)c2nc3ccccc3n2C)c1. The highest BCUT2D eigenvalue weighted by molar-refractivity contribution is 6.04. The molecule has 3 rings (SSSR count). The number of benzene rings is 2. The molecule has 142 valence electrons. The molecule has 1 atom stereocenters. The van der Waals surface area contributed by atoms with E-state index in [1.165, 1.54) is 0 Å². The van der Waals surface area contributed by atoms with Crippen LogP contribution in [-0.4, -0.2) is 27.4 Å². The van der Waals surface area contributed by atoms with Crippen molar-refractivity contribution < 1.29 is 9.59 Å². The van der Waals surface area contributed by atoms with Gasteiger partial charge in [-0.05, 0) is 38.1 Å². The van der Waals surface area contributed by atoms with Crippen LogP contribution in [0.15, 0.2) is 48.5 Å². The maximum atomic E-state index is 13.0. The molecule has 0 saturated carbocycles. The van der Waals surface area contributed by atoms with Gasteiger partial charge in [-0.1, -0.05) is 24.3 Å². The van der Waals surface area contributed by atoms with Crippen molar-refractivity contribution in [2.45, 2.75) is 25.8 Å². The number of hydrogen-bond acceptors (Lipinski definition) is 4. The average molecular weight is 375 g/mol. The molecule has 0 aliphatic heterocycles. The minimum Gasteiger partial charge on any atom is -0.336 e. The summed E-state index contributed by atoms with van der Waals surface area (Å²) >= 11 is 0. The molecule has 2 aromatic carbocycles. The zero-order chi connectivity index (χ0) is 20.3. The number of fused-ring (bicyclic) bond motifs is 1. The first kappa shape index (κ1) is 19.1. The van der Waals surface area contributed by atoms with Crippen LogP contribution in [0.2, 0.25) is 0 Å².